The lowest BCUT2D eigenvalue weighted by molar-refractivity contribution is -0.128. The molecular weight excluding hydrogens is 1340 g/mol. The number of piperazine rings is 2. The predicted octanol–water partition coefficient (Wildman–Crippen LogP) is 9.88. The second-order valence-corrected chi connectivity index (χ2v) is 29.8. The van der Waals surface area contributed by atoms with E-state index in [4.69, 9.17) is 14.5 Å². The maximum atomic E-state index is 14.3. The molecule has 8 amide bonds. The maximum Gasteiger partial charge on any atom is 0.257 e. The lowest BCUT2D eigenvalue weighted by Gasteiger charge is -2.34. The van der Waals surface area contributed by atoms with Crippen molar-refractivity contribution in [2.45, 2.75) is 73.9 Å². The fraction of sp³-hybridized carbons (Fsp3) is 0.361. The first kappa shape index (κ1) is 69.3. The van der Waals surface area contributed by atoms with Crippen LogP contribution in [0.1, 0.15) is 95.7 Å². The molecule has 2 unspecified atom stereocenters. The molecule has 0 radical (unpaired) electrons. The highest BCUT2D eigenvalue weighted by molar-refractivity contribution is 8.01. The molecule has 514 valence electrons. The molecule has 0 spiro atoms. The standard InChI is InChI=1S/C72H77N13O10S4/c1-8-61(86)80-20-24-82(25-21-80)67(91)46-14-15-53(45-16-17-73-60(36-45)77-70-76-40-64(99-70)98-59-37-56(57(94-6)28-42(59)4)69(93)84-18-11-19-85(43(5)41-84)63(88)10-3)49(29-46)32-52-39-75-72(97-52)79-66(90)54-34-50(54)30-47-35-58(95-7)55(68(92)83-26-22-81(23-27-83)62(87)9-2)33-48(47)31-51-38-74-71(96-51)78-65(89)44-12-13-44/h8-10,14-17,28-29,33,35-40,43-44,50,54H,1-3,11-13,18-27,30-32,34,41H2,4-7H3,(H,73,76,77)(H,74,78,89)(H,75,79,90)/t43-,50?,54?/m1/s1. The van der Waals surface area contributed by atoms with Crippen molar-refractivity contribution in [1.82, 2.24) is 49.3 Å². The third-order valence-corrected chi connectivity index (χ3v) is 22.5. The molecule has 23 nitrogen and oxygen atoms in total. The first-order valence-electron chi connectivity index (χ1n) is 32.9. The van der Waals surface area contributed by atoms with Gasteiger partial charge in [-0.1, -0.05) is 48.9 Å². The third-order valence-electron chi connectivity index (χ3n) is 18.5. The van der Waals surface area contributed by atoms with Gasteiger partial charge in [0.05, 0.1) is 35.8 Å². The van der Waals surface area contributed by atoms with E-state index >= 15 is 0 Å². The summed E-state index contributed by atoms with van der Waals surface area (Å²) >= 11 is 5.66. The van der Waals surface area contributed by atoms with Crippen LogP contribution >= 0.6 is 45.8 Å². The van der Waals surface area contributed by atoms with Crippen LogP contribution in [0.3, 0.4) is 0 Å². The molecule has 3 N–H and O–H groups in total. The molecule has 5 fully saturated rings. The fourth-order valence-electron chi connectivity index (χ4n) is 12.8. The van der Waals surface area contributed by atoms with E-state index in [-0.39, 0.29) is 71.1 Å². The number of nitrogens with one attached hydrogen (secondary N) is 3. The first-order chi connectivity index (χ1) is 47.9. The van der Waals surface area contributed by atoms with E-state index in [1.54, 1.807) is 61.3 Å². The Morgan fingerprint density at radius 1 is 0.606 bits per heavy atom. The molecule has 3 aromatic carbocycles. The Balaban J connectivity index is 0.741. The van der Waals surface area contributed by atoms with Crippen LogP contribution in [0.15, 0.2) is 126 Å². The summed E-state index contributed by atoms with van der Waals surface area (Å²) in [6, 6.07) is 16.8. The van der Waals surface area contributed by atoms with Crippen LogP contribution in [0, 0.1) is 24.7 Å². The van der Waals surface area contributed by atoms with Crippen LogP contribution in [0.25, 0.3) is 11.1 Å². The topological polar surface area (TPSA) is 262 Å². The van der Waals surface area contributed by atoms with Gasteiger partial charge in [-0.25, -0.2) is 19.9 Å². The van der Waals surface area contributed by atoms with Gasteiger partial charge < -0.3 is 54.8 Å². The smallest absolute Gasteiger partial charge is 0.257 e. The van der Waals surface area contributed by atoms with Crippen LogP contribution in [-0.4, -0.2) is 189 Å². The highest BCUT2D eigenvalue weighted by Crippen LogP contribution is 2.45. The zero-order valence-corrected chi connectivity index (χ0v) is 58.8. The van der Waals surface area contributed by atoms with E-state index < -0.39 is 0 Å². The molecule has 2 saturated carbocycles. The number of hydrogen-bond donors (Lipinski definition) is 3. The molecule has 2 aliphatic carbocycles. The summed E-state index contributed by atoms with van der Waals surface area (Å²) in [5, 5.41) is 11.0. The summed E-state index contributed by atoms with van der Waals surface area (Å²) in [7, 11) is 3.08. The summed E-state index contributed by atoms with van der Waals surface area (Å²) < 4.78 is 12.5. The van der Waals surface area contributed by atoms with Crippen molar-refractivity contribution < 1.29 is 47.8 Å². The summed E-state index contributed by atoms with van der Waals surface area (Å²) in [6.45, 7) is 19.1. The van der Waals surface area contributed by atoms with E-state index in [2.05, 4.69) is 50.6 Å². The van der Waals surface area contributed by atoms with Gasteiger partial charge in [0.15, 0.2) is 15.4 Å². The van der Waals surface area contributed by atoms with Crippen LogP contribution in [0.4, 0.5) is 21.2 Å². The summed E-state index contributed by atoms with van der Waals surface area (Å²) in [5.41, 5.74) is 6.52. The minimum atomic E-state index is -0.317. The molecule has 3 aliphatic heterocycles. The summed E-state index contributed by atoms with van der Waals surface area (Å²) in [4.78, 5) is 138. The molecule has 5 aliphatic rings. The summed E-state index contributed by atoms with van der Waals surface area (Å²) in [6.07, 6.45) is 15.2. The Morgan fingerprint density at radius 3 is 1.85 bits per heavy atom. The number of carbonyl (C=O) groups is 8. The van der Waals surface area contributed by atoms with E-state index in [0.717, 1.165) is 65.1 Å². The van der Waals surface area contributed by atoms with Crippen LogP contribution < -0.4 is 25.4 Å². The Hall–Kier alpha value is -9.57. The number of nitrogens with zero attached hydrogens (tertiary/aromatic N) is 10. The van der Waals surface area contributed by atoms with E-state index in [0.29, 0.717) is 153 Å². The highest BCUT2D eigenvalue weighted by atomic mass is 32.2. The zero-order valence-electron chi connectivity index (χ0n) is 55.6. The number of hydrogen-bond acceptors (Lipinski definition) is 19. The van der Waals surface area contributed by atoms with Crippen molar-refractivity contribution in [2.75, 3.05) is 102 Å². The summed E-state index contributed by atoms with van der Waals surface area (Å²) in [5.74, 6) is -0.174. The van der Waals surface area contributed by atoms with Gasteiger partial charge in [0, 0.05) is 142 Å². The number of ether oxygens (including phenoxy) is 2. The van der Waals surface area contributed by atoms with E-state index in [1.165, 1.54) is 71.1 Å². The van der Waals surface area contributed by atoms with Crippen molar-refractivity contribution in [3.8, 4) is 22.6 Å². The Bertz CT molecular complexity index is 4320. The molecule has 4 aromatic heterocycles. The lowest BCUT2D eigenvalue weighted by atomic mass is 9.95. The Morgan fingerprint density at radius 2 is 1.20 bits per heavy atom. The van der Waals surface area contributed by atoms with Crippen molar-refractivity contribution in [3.63, 3.8) is 0 Å². The quantitative estimate of drug-likeness (QED) is 0.0503. The molecule has 12 rings (SSSR count). The molecule has 7 aromatic rings. The van der Waals surface area contributed by atoms with Crippen LogP contribution in [0.2, 0.25) is 0 Å². The number of anilines is 4. The van der Waals surface area contributed by atoms with E-state index in [9.17, 15) is 38.4 Å². The third kappa shape index (κ3) is 16.3. The number of thiazole rings is 3. The number of aryl methyl sites for hydroxylation is 1. The molecule has 3 saturated heterocycles. The van der Waals surface area contributed by atoms with E-state index in [1.807, 2.05) is 68.4 Å². The fourth-order valence-corrected chi connectivity index (χ4v) is 16.4. The largest absolute Gasteiger partial charge is 0.496 e. The number of amides is 8. The van der Waals surface area contributed by atoms with Gasteiger partial charge in [-0.2, -0.15) is 0 Å². The monoisotopic (exact) mass is 1410 g/mol. The second-order valence-electron chi connectivity index (χ2n) is 25.2. The van der Waals surface area contributed by atoms with Gasteiger partial charge in [-0.3, -0.25) is 38.4 Å². The number of pyridine rings is 1. The minimum absolute atomic E-state index is 0.0161. The minimum Gasteiger partial charge on any atom is -0.496 e. The Kier molecular flexibility index (Phi) is 21.5. The Labute approximate surface area is 590 Å². The number of rotatable bonds is 23. The molecule has 99 heavy (non-hydrogen) atoms. The van der Waals surface area contributed by atoms with Gasteiger partial charge in [-0.15, -0.1) is 22.7 Å². The van der Waals surface area contributed by atoms with Crippen molar-refractivity contribution in [3.05, 3.63) is 166 Å². The lowest BCUT2D eigenvalue weighted by Crippen LogP contribution is -2.50. The molecular formula is C72H77N13O10S4. The van der Waals surface area contributed by atoms with Crippen molar-refractivity contribution in [2.24, 2.45) is 17.8 Å². The normalized spacial score (nSPS) is 17.6. The van der Waals surface area contributed by atoms with Gasteiger partial charge in [0.25, 0.3) is 17.7 Å². The molecule has 0 bridgehead atoms. The average Bonchev–Trinajstić information content (AvgIpc) is 1.81. The SMILES string of the molecule is C=CC(=O)N1CCN(C(=O)c2ccc(-c3ccnc(Nc4ncc(Sc5cc(C(=O)N6CCCN(C(=O)C=C)[C@H](C)C6)c(OC)cc5C)s4)c3)c(Cc3cnc(NC(=O)C4CC4Cc4cc(OC)c(C(=O)N5CCN(C(=O)C=C)CC5)cc4Cc4cnc(NC(=O)C5CC5)s4)s3)c2)CC1. The van der Waals surface area contributed by atoms with Gasteiger partial charge in [0.1, 0.15) is 17.3 Å². The number of aromatic nitrogens is 4. The molecule has 3 atom stereocenters. The number of benzene rings is 3. The zero-order chi connectivity index (χ0) is 69.6. The second kappa shape index (κ2) is 30.7. The highest BCUT2D eigenvalue weighted by Gasteiger charge is 2.44. The predicted molar refractivity (Wildman–Crippen MR) is 382 cm³/mol. The first-order valence-corrected chi connectivity index (χ1v) is 36.2. The van der Waals surface area contributed by atoms with Crippen LogP contribution in [-0.2, 0) is 43.2 Å². The molecule has 27 heteroatoms. The molecule has 7 heterocycles. The number of methoxy groups -OCH3 is 2. The van der Waals surface area contributed by atoms with Gasteiger partial charge in [0.2, 0.25) is 29.5 Å². The van der Waals surface area contributed by atoms with Gasteiger partial charge >= 0.3 is 0 Å². The number of carbonyl (C=O) groups excluding carboxylic acids is 8. The van der Waals surface area contributed by atoms with Crippen molar-refractivity contribution >= 4 is 114 Å². The maximum absolute atomic E-state index is 14.3. The van der Waals surface area contributed by atoms with Gasteiger partial charge in [-0.05, 0) is 152 Å². The van der Waals surface area contributed by atoms with Crippen LogP contribution in [0.5, 0.6) is 11.5 Å². The average molecular weight is 1410 g/mol. The van der Waals surface area contributed by atoms with Crippen molar-refractivity contribution in [1.29, 1.82) is 0 Å².